The van der Waals surface area contributed by atoms with Gasteiger partial charge in [-0.25, -0.2) is 0 Å². The Morgan fingerprint density at radius 2 is 1.32 bits per heavy atom. The van der Waals surface area contributed by atoms with Gasteiger partial charge in [-0.2, -0.15) is 0 Å². The molecule has 0 atom stereocenters. The molecular weight excluding hydrogens is 340 g/mol. The fourth-order valence-electron chi connectivity index (χ4n) is 3.98. The molecule has 1 nitrogen and oxygen atoms in total. The molecule has 28 heavy (non-hydrogen) atoms. The van der Waals surface area contributed by atoms with E-state index < -0.39 is 0 Å². The van der Waals surface area contributed by atoms with Crippen LogP contribution in [0.1, 0.15) is 39.0 Å². The summed E-state index contributed by atoms with van der Waals surface area (Å²) in [7, 11) is 0. The molecule has 142 valence electrons. The third-order valence-corrected chi connectivity index (χ3v) is 5.47. The highest BCUT2D eigenvalue weighted by atomic mass is 16.5. The van der Waals surface area contributed by atoms with E-state index >= 15 is 0 Å². The Kier molecular flexibility index (Phi) is 5.92. The number of para-hydroxylation sites is 1. The number of ether oxygens (including phenoxy) is 1. The topological polar surface area (TPSA) is 9.23 Å². The monoisotopic (exact) mass is 368 g/mol. The molecule has 1 heteroatoms. The van der Waals surface area contributed by atoms with E-state index in [1.54, 1.807) is 0 Å². The van der Waals surface area contributed by atoms with Crippen molar-refractivity contribution in [2.75, 3.05) is 6.61 Å². The smallest absolute Gasteiger partial charge is 0.127 e. The van der Waals surface area contributed by atoms with E-state index in [0.29, 0.717) is 0 Å². The van der Waals surface area contributed by atoms with Crippen LogP contribution in [-0.4, -0.2) is 6.61 Å². The van der Waals surface area contributed by atoms with Crippen molar-refractivity contribution >= 4 is 21.5 Å². The Bertz CT molecular complexity index is 1060. The molecule has 0 fully saturated rings. The maximum Gasteiger partial charge on any atom is 0.127 e. The molecule has 0 unspecified atom stereocenters. The minimum absolute atomic E-state index is 0.786. The fourth-order valence-corrected chi connectivity index (χ4v) is 3.98. The number of rotatable bonds is 8. The minimum atomic E-state index is 0.786. The lowest BCUT2D eigenvalue weighted by Crippen LogP contribution is -1.99. The standard InChI is InChI=1S/C27H28O/c1-2-3-4-5-10-20-28-27-17-9-8-14-26(27)24-16-11-15-23-22-13-7-6-12-21(22)18-19-25(23)24/h6-9,11-19H,2-5,10,20H2,1H3. The van der Waals surface area contributed by atoms with E-state index in [-0.39, 0.29) is 0 Å². The minimum Gasteiger partial charge on any atom is -0.493 e. The summed E-state index contributed by atoms with van der Waals surface area (Å²) in [5.41, 5.74) is 2.42. The van der Waals surface area contributed by atoms with Crippen LogP contribution in [0, 0.1) is 0 Å². The van der Waals surface area contributed by atoms with Gasteiger partial charge in [0.2, 0.25) is 0 Å². The van der Waals surface area contributed by atoms with Gasteiger partial charge in [-0.15, -0.1) is 0 Å². The van der Waals surface area contributed by atoms with Gasteiger partial charge >= 0.3 is 0 Å². The molecule has 0 amide bonds. The van der Waals surface area contributed by atoms with Crippen LogP contribution >= 0.6 is 0 Å². The second-order valence-corrected chi connectivity index (χ2v) is 7.45. The van der Waals surface area contributed by atoms with Crippen LogP contribution in [0.3, 0.4) is 0 Å². The van der Waals surface area contributed by atoms with E-state index in [0.717, 1.165) is 18.8 Å². The molecule has 0 saturated carbocycles. The highest BCUT2D eigenvalue weighted by molar-refractivity contribution is 6.12. The molecule has 0 aromatic heterocycles. The average molecular weight is 369 g/mol. The van der Waals surface area contributed by atoms with Gasteiger partial charge < -0.3 is 4.74 Å². The molecule has 0 heterocycles. The van der Waals surface area contributed by atoms with E-state index in [1.165, 1.54) is 58.4 Å². The van der Waals surface area contributed by atoms with E-state index in [9.17, 15) is 0 Å². The fraction of sp³-hybridized carbons (Fsp3) is 0.259. The molecule has 4 aromatic carbocycles. The molecule has 0 saturated heterocycles. The third-order valence-electron chi connectivity index (χ3n) is 5.47. The summed E-state index contributed by atoms with van der Waals surface area (Å²) in [4.78, 5) is 0. The Morgan fingerprint density at radius 3 is 2.25 bits per heavy atom. The Hall–Kier alpha value is -2.80. The molecule has 0 N–H and O–H groups in total. The van der Waals surface area contributed by atoms with Crippen molar-refractivity contribution in [3.8, 4) is 16.9 Å². The predicted molar refractivity (Wildman–Crippen MR) is 121 cm³/mol. The number of fused-ring (bicyclic) bond motifs is 3. The van der Waals surface area contributed by atoms with Gasteiger partial charge in [-0.05, 0) is 39.6 Å². The largest absolute Gasteiger partial charge is 0.493 e. The molecule has 0 radical (unpaired) electrons. The van der Waals surface area contributed by atoms with Crippen LogP contribution in [0.2, 0.25) is 0 Å². The van der Waals surface area contributed by atoms with Crippen LogP contribution < -0.4 is 4.74 Å². The van der Waals surface area contributed by atoms with Gasteiger partial charge in [-0.1, -0.05) is 105 Å². The molecule has 0 bridgehead atoms. The lowest BCUT2D eigenvalue weighted by atomic mass is 9.94. The number of hydrogen-bond donors (Lipinski definition) is 0. The van der Waals surface area contributed by atoms with Crippen LogP contribution in [-0.2, 0) is 0 Å². The lowest BCUT2D eigenvalue weighted by Gasteiger charge is -2.14. The number of hydrogen-bond acceptors (Lipinski definition) is 1. The van der Waals surface area contributed by atoms with Crippen molar-refractivity contribution in [2.45, 2.75) is 39.0 Å². The predicted octanol–water partition coefficient (Wildman–Crippen LogP) is 8.01. The van der Waals surface area contributed by atoms with Gasteiger partial charge in [0.25, 0.3) is 0 Å². The summed E-state index contributed by atoms with van der Waals surface area (Å²) < 4.78 is 6.21. The van der Waals surface area contributed by atoms with Crippen molar-refractivity contribution < 1.29 is 4.74 Å². The van der Waals surface area contributed by atoms with Crippen LogP contribution in [0.15, 0.2) is 78.9 Å². The zero-order valence-electron chi connectivity index (χ0n) is 16.7. The zero-order valence-corrected chi connectivity index (χ0v) is 16.7. The molecular formula is C27H28O. The maximum absolute atomic E-state index is 6.21. The second kappa shape index (κ2) is 8.93. The summed E-state index contributed by atoms with van der Waals surface area (Å²) in [6.45, 7) is 3.04. The van der Waals surface area contributed by atoms with Crippen LogP contribution in [0.4, 0.5) is 0 Å². The SMILES string of the molecule is CCCCCCCOc1ccccc1-c1cccc2c1ccc1ccccc12. The normalized spacial score (nSPS) is 11.2. The molecule has 4 aromatic rings. The average Bonchev–Trinajstić information content (AvgIpc) is 2.76. The summed E-state index contributed by atoms with van der Waals surface area (Å²) in [5, 5.41) is 5.16. The summed E-state index contributed by atoms with van der Waals surface area (Å²) in [6, 6.07) is 28.1. The third kappa shape index (κ3) is 3.89. The van der Waals surface area contributed by atoms with Gasteiger partial charge in [0.1, 0.15) is 5.75 Å². The first-order valence-electron chi connectivity index (χ1n) is 10.5. The molecule has 0 aliphatic carbocycles. The first kappa shape index (κ1) is 18.6. The van der Waals surface area contributed by atoms with Crippen LogP contribution in [0.5, 0.6) is 5.75 Å². The van der Waals surface area contributed by atoms with Crippen molar-refractivity contribution in [1.82, 2.24) is 0 Å². The lowest BCUT2D eigenvalue weighted by molar-refractivity contribution is 0.306. The first-order chi connectivity index (χ1) is 13.9. The maximum atomic E-state index is 6.21. The number of benzene rings is 4. The molecule has 0 aliphatic heterocycles. The molecule has 4 rings (SSSR count). The van der Waals surface area contributed by atoms with Crippen molar-refractivity contribution in [3.05, 3.63) is 78.9 Å². The first-order valence-corrected chi connectivity index (χ1v) is 10.5. The summed E-state index contributed by atoms with van der Waals surface area (Å²) in [5.74, 6) is 0.985. The van der Waals surface area contributed by atoms with Gasteiger partial charge in [0.15, 0.2) is 0 Å². The molecule has 0 aliphatic rings. The van der Waals surface area contributed by atoms with E-state index in [2.05, 4.69) is 85.8 Å². The Balaban J connectivity index is 1.66. The van der Waals surface area contributed by atoms with E-state index in [1.807, 2.05) is 0 Å². The van der Waals surface area contributed by atoms with Crippen molar-refractivity contribution in [1.29, 1.82) is 0 Å². The zero-order chi connectivity index (χ0) is 19.2. The highest BCUT2D eigenvalue weighted by Crippen LogP contribution is 2.37. The summed E-state index contributed by atoms with van der Waals surface area (Å²) in [6.07, 6.45) is 6.27. The highest BCUT2D eigenvalue weighted by Gasteiger charge is 2.10. The van der Waals surface area contributed by atoms with Gasteiger partial charge in [-0.3, -0.25) is 0 Å². The Labute approximate surface area is 168 Å². The van der Waals surface area contributed by atoms with Crippen LogP contribution in [0.25, 0.3) is 32.7 Å². The molecule has 0 spiro atoms. The van der Waals surface area contributed by atoms with Gasteiger partial charge in [0.05, 0.1) is 6.61 Å². The quantitative estimate of drug-likeness (QED) is 0.226. The number of unbranched alkanes of at least 4 members (excludes halogenated alkanes) is 4. The summed E-state index contributed by atoms with van der Waals surface area (Å²) >= 11 is 0. The van der Waals surface area contributed by atoms with E-state index in [4.69, 9.17) is 4.74 Å². The second-order valence-electron chi connectivity index (χ2n) is 7.45. The Morgan fingerprint density at radius 1 is 0.571 bits per heavy atom. The van der Waals surface area contributed by atoms with Crippen molar-refractivity contribution in [2.24, 2.45) is 0 Å². The van der Waals surface area contributed by atoms with Crippen molar-refractivity contribution in [3.63, 3.8) is 0 Å². The van der Waals surface area contributed by atoms with Gasteiger partial charge in [0, 0.05) is 5.56 Å².